The second-order valence-electron chi connectivity index (χ2n) is 6.39. The molecule has 0 atom stereocenters. The maximum atomic E-state index is 12.0. The Morgan fingerprint density at radius 2 is 1.66 bits per heavy atom. The SMILES string of the molecule is COc1cccc(NC(=O)COc2ccc(C(=O)OCC(=O)NC(C)C)cc2)c1. The number of nitrogens with one attached hydrogen (secondary N) is 2. The molecule has 0 heterocycles. The van der Waals surface area contributed by atoms with Crippen LogP contribution in [0, 0.1) is 0 Å². The van der Waals surface area contributed by atoms with E-state index in [-0.39, 0.29) is 36.6 Å². The van der Waals surface area contributed by atoms with E-state index in [1.807, 2.05) is 13.8 Å². The summed E-state index contributed by atoms with van der Waals surface area (Å²) in [6, 6.07) is 13.0. The number of rotatable bonds is 9. The molecule has 154 valence electrons. The molecule has 0 aromatic heterocycles. The summed E-state index contributed by atoms with van der Waals surface area (Å²) in [4.78, 5) is 35.5. The zero-order valence-electron chi connectivity index (χ0n) is 16.6. The minimum atomic E-state index is -0.619. The van der Waals surface area contributed by atoms with Crippen LogP contribution in [0.5, 0.6) is 11.5 Å². The Balaban J connectivity index is 1.80. The van der Waals surface area contributed by atoms with E-state index in [0.29, 0.717) is 17.2 Å². The average Bonchev–Trinajstić information content (AvgIpc) is 2.70. The number of carbonyl (C=O) groups excluding carboxylic acids is 3. The molecule has 0 fully saturated rings. The summed E-state index contributed by atoms with van der Waals surface area (Å²) in [6.45, 7) is 3.08. The third-order valence-corrected chi connectivity index (χ3v) is 3.60. The molecule has 2 amide bonds. The Morgan fingerprint density at radius 1 is 0.931 bits per heavy atom. The summed E-state index contributed by atoms with van der Waals surface area (Å²) >= 11 is 0. The van der Waals surface area contributed by atoms with Crippen molar-refractivity contribution in [1.29, 1.82) is 0 Å². The van der Waals surface area contributed by atoms with Crippen molar-refractivity contribution in [3.8, 4) is 11.5 Å². The highest BCUT2D eigenvalue weighted by atomic mass is 16.5. The minimum absolute atomic E-state index is 0.0289. The van der Waals surface area contributed by atoms with Crippen LogP contribution in [0.2, 0.25) is 0 Å². The molecule has 29 heavy (non-hydrogen) atoms. The van der Waals surface area contributed by atoms with Gasteiger partial charge in [0.2, 0.25) is 0 Å². The van der Waals surface area contributed by atoms with Crippen LogP contribution < -0.4 is 20.1 Å². The first-order valence-electron chi connectivity index (χ1n) is 9.00. The molecule has 8 nitrogen and oxygen atoms in total. The molecule has 8 heteroatoms. The molecule has 0 aliphatic rings. The smallest absolute Gasteiger partial charge is 0.338 e. The van der Waals surface area contributed by atoms with Crippen molar-refractivity contribution in [2.24, 2.45) is 0 Å². The topological polar surface area (TPSA) is 103 Å². The lowest BCUT2D eigenvalue weighted by Gasteiger charge is -2.10. The molecular formula is C21H24N2O6. The standard InChI is InChI=1S/C21H24N2O6/c1-14(2)22-19(24)13-29-21(26)15-7-9-17(10-8-15)28-12-20(25)23-16-5-4-6-18(11-16)27-3/h4-11,14H,12-13H2,1-3H3,(H,22,24)(H,23,25). The monoisotopic (exact) mass is 400 g/mol. The van der Waals surface area contributed by atoms with Crippen LogP contribution in [-0.4, -0.2) is 44.1 Å². The lowest BCUT2D eigenvalue weighted by molar-refractivity contribution is -0.124. The second kappa shape index (κ2) is 10.7. The number of hydrogen-bond acceptors (Lipinski definition) is 6. The molecule has 2 N–H and O–H groups in total. The Hall–Kier alpha value is -3.55. The highest BCUT2D eigenvalue weighted by molar-refractivity contribution is 5.92. The molecule has 0 spiro atoms. The van der Waals surface area contributed by atoms with Gasteiger partial charge in [-0.15, -0.1) is 0 Å². The Bertz CT molecular complexity index is 849. The van der Waals surface area contributed by atoms with Crippen LogP contribution in [0.1, 0.15) is 24.2 Å². The predicted molar refractivity (Wildman–Crippen MR) is 107 cm³/mol. The Kier molecular flexibility index (Phi) is 8.02. The lowest BCUT2D eigenvalue weighted by atomic mass is 10.2. The van der Waals surface area contributed by atoms with Crippen molar-refractivity contribution < 1.29 is 28.6 Å². The largest absolute Gasteiger partial charge is 0.497 e. The van der Waals surface area contributed by atoms with Crippen LogP contribution >= 0.6 is 0 Å². The molecule has 0 aliphatic heterocycles. The van der Waals surface area contributed by atoms with Gasteiger partial charge in [-0.25, -0.2) is 4.79 Å². The first-order valence-corrected chi connectivity index (χ1v) is 9.00. The molecule has 0 unspecified atom stereocenters. The van der Waals surface area contributed by atoms with Gasteiger partial charge in [0.05, 0.1) is 12.7 Å². The van der Waals surface area contributed by atoms with Crippen molar-refractivity contribution in [2.45, 2.75) is 19.9 Å². The van der Waals surface area contributed by atoms with Gasteiger partial charge in [-0.3, -0.25) is 9.59 Å². The number of methoxy groups -OCH3 is 1. The molecule has 2 rings (SSSR count). The first-order chi connectivity index (χ1) is 13.9. The number of amides is 2. The zero-order chi connectivity index (χ0) is 21.2. The van der Waals surface area contributed by atoms with E-state index in [1.54, 1.807) is 43.5 Å². The predicted octanol–water partition coefficient (Wildman–Crippen LogP) is 2.39. The van der Waals surface area contributed by atoms with E-state index in [2.05, 4.69) is 10.6 Å². The lowest BCUT2D eigenvalue weighted by Crippen LogP contribution is -2.33. The molecular weight excluding hydrogens is 376 g/mol. The fourth-order valence-electron chi connectivity index (χ4n) is 2.31. The van der Waals surface area contributed by atoms with E-state index in [4.69, 9.17) is 14.2 Å². The maximum Gasteiger partial charge on any atom is 0.338 e. The van der Waals surface area contributed by atoms with Crippen LogP contribution in [0.3, 0.4) is 0 Å². The van der Waals surface area contributed by atoms with Gasteiger partial charge < -0.3 is 24.8 Å². The van der Waals surface area contributed by atoms with Gasteiger partial charge in [0.15, 0.2) is 13.2 Å². The summed E-state index contributed by atoms with van der Waals surface area (Å²) in [6.07, 6.45) is 0. The van der Waals surface area contributed by atoms with Gasteiger partial charge in [0, 0.05) is 17.8 Å². The molecule has 2 aromatic rings. The average molecular weight is 400 g/mol. The van der Waals surface area contributed by atoms with Gasteiger partial charge in [0.25, 0.3) is 11.8 Å². The van der Waals surface area contributed by atoms with E-state index >= 15 is 0 Å². The van der Waals surface area contributed by atoms with Gasteiger partial charge >= 0.3 is 5.97 Å². The third-order valence-electron chi connectivity index (χ3n) is 3.60. The summed E-state index contributed by atoms with van der Waals surface area (Å²) < 4.78 is 15.5. The van der Waals surface area contributed by atoms with Crippen molar-refractivity contribution in [2.75, 3.05) is 25.6 Å². The molecule has 0 radical (unpaired) electrons. The summed E-state index contributed by atoms with van der Waals surface area (Å²) in [5, 5.41) is 5.33. The zero-order valence-corrected chi connectivity index (χ0v) is 16.6. The van der Waals surface area contributed by atoms with Gasteiger partial charge in [0.1, 0.15) is 11.5 Å². The number of ether oxygens (including phenoxy) is 3. The molecule has 0 aliphatic carbocycles. The van der Waals surface area contributed by atoms with Gasteiger partial charge in [-0.1, -0.05) is 6.07 Å². The summed E-state index contributed by atoms with van der Waals surface area (Å²) in [7, 11) is 1.55. The van der Waals surface area contributed by atoms with Crippen LogP contribution in [0.25, 0.3) is 0 Å². The minimum Gasteiger partial charge on any atom is -0.497 e. The third kappa shape index (κ3) is 7.53. The number of esters is 1. The van der Waals surface area contributed by atoms with E-state index in [9.17, 15) is 14.4 Å². The highest BCUT2D eigenvalue weighted by Gasteiger charge is 2.11. The quantitative estimate of drug-likeness (QED) is 0.627. The van der Waals surface area contributed by atoms with Crippen LogP contribution in [0.4, 0.5) is 5.69 Å². The first kappa shape index (κ1) is 21.7. The van der Waals surface area contributed by atoms with Crippen LogP contribution in [0.15, 0.2) is 48.5 Å². The van der Waals surface area contributed by atoms with E-state index in [0.717, 1.165) is 0 Å². The molecule has 0 saturated heterocycles. The normalized spacial score (nSPS) is 10.2. The molecule has 2 aromatic carbocycles. The number of benzene rings is 2. The van der Waals surface area contributed by atoms with Gasteiger partial charge in [-0.2, -0.15) is 0 Å². The van der Waals surface area contributed by atoms with Crippen molar-refractivity contribution in [3.05, 3.63) is 54.1 Å². The van der Waals surface area contributed by atoms with E-state index < -0.39 is 5.97 Å². The summed E-state index contributed by atoms with van der Waals surface area (Å²) in [5.74, 6) is -0.271. The number of hydrogen-bond donors (Lipinski definition) is 2. The van der Waals surface area contributed by atoms with Crippen molar-refractivity contribution in [1.82, 2.24) is 5.32 Å². The summed E-state index contributed by atoms with van der Waals surface area (Å²) in [5.41, 5.74) is 0.869. The Morgan fingerprint density at radius 3 is 2.31 bits per heavy atom. The highest BCUT2D eigenvalue weighted by Crippen LogP contribution is 2.17. The van der Waals surface area contributed by atoms with Crippen LogP contribution in [-0.2, 0) is 14.3 Å². The van der Waals surface area contributed by atoms with Gasteiger partial charge in [-0.05, 0) is 50.2 Å². The van der Waals surface area contributed by atoms with Crippen molar-refractivity contribution >= 4 is 23.5 Å². The fraction of sp³-hybridized carbons (Fsp3) is 0.286. The fourth-order valence-corrected chi connectivity index (χ4v) is 2.31. The Labute approximate surface area is 169 Å². The van der Waals surface area contributed by atoms with E-state index in [1.165, 1.54) is 12.1 Å². The maximum absolute atomic E-state index is 12.0. The molecule has 0 saturated carbocycles. The van der Waals surface area contributed by atoms with Crippen molar-refractivity contribution in [3.63, 3.8) is 0 Å². The second-order valence-corrected chi connectivity index (χ2v) is 6.39. The number of anilines is 1. The molecule has 0 bridgehead atoms. The number of carbonyl (C=O) groups is 3.